The number of hydrogen-bond acceptors (Lipinski definition) is 6. The molecule has 0 amide bonds. The first kappa shape index (κ1) is 20.2. The van der Waals surface area contributed by atoms with Crippen LogP contribution in [0.15, 0.2) is 59.5 Å². The minimum Gasteiger partial charge on any atom is -0.340 e. The number of aromatic nitrogens is 2. The van der Waals surface area contributed by atoms with E-state index in [2.05, 4.69) is 15.3 Å². The van der Waals surface area contributed by atoms with Crippen LogP contribution in [-0.2, 0) is 10.0 Å². The molecule has 1 aliphatic rings. The fraction of sp³-hybridized carbons (Fsp3) is 0.238. The Bertz CT molecular complexity index is 1150. The van der Waals surface area contributed by atoms with E-state index in [1.807, 2.05) is 18.7 Å². The third kappa shape index (κ3) is 4.27. The number of hydrogen-bond donors (Lipinski definition) is 1. The molecule has 0 aliphatic carbocycles. The smallest absolute Gasteiger partial charge is 0.244 e. The van der Waals surface area contributed by atoms with Gasteiger partial charge in [-0.05, 0) is 50.2 Å². The standard InChI is InChI=1S/C21H22FN5O2S/c1-15-3-9-19(10-4-15)30(28,29)27-12-11-26(14-27)21-23-16(2)13-20(25-21)24-18-7-5-17(22)6-8-18/h3-10,13H,11-12,14H2,1-2H3,(H,23,24,25). The van der Waals surface area contributed by atoms with Crippen LogP contribution in [0.3, 0.4) is 0 Å². The van der Waals surface area contributed by atoms with E-state index in [0.717, 1.165) is 11.3 Å². The van der Waals surface area contributed by atoms with Gasteiger partial charge >= 0.3 is 0 Å². The van der Waals surface area contributed by atoms with Gasteiger partial charge in [0.15, 0.2) is 0 Å². The first-order valence-corrected chi connectivity index (χ1v) is 11.0. The second-order valence-corrected chi connectivity index (χ2v) is 9.16. The summed E-state index contributed by atoms with van der Waals surface area (Å²) in [5.74, 6) is 0.692. The summed E-state index contributed by atoms with van der Waals surface area (Å²) in [5.41, 5.74) is 2.45. The van der Waals surface area contributed by atoms with E-state index in [-0.39, 0.29) is 17.4 Å². The van der Waals surface area contributed by atoms with Crippen molar-refractivity contribution in [1.82, 2.24) is 14.3 Å². The van der Waals surface area contributed by atoms with E-state index in [1.165, 1.54) is 16.4 Å². The molecule has 2 aromatic carbocycles. The predicted octanol–water partition coefficient (Wildman–Crippen LogP) is 3.44. The molecule has 1 N–H and O–H groups in total. The summed E-state index contributed by atoms with van der Waals surface area (Å²) < 4.78 is 40.4. The van der Waals surface area contributed by atoms with Crippen molar-refractivity contribution in [1.29, 1.82) is 0 Å². The van der Waals surface area contributed by atoms with Crippen molar-refractivity contribution in [2.75, 3.05) is 30.0 Å². The number of nitrogens with zero attached hydrogens (tertiary/aromatic N) is 4. The molecule has 30 heavy (non-hydrogen) atoms. The van der Waals surface area contributed by atoms with E-state index in [0.29, 0.717) is 30.5 Å². The van der Waals surface area contributed by atoms with Gasteiger partial charge in [0.25, 0.3) is 0 Å². The van der Waals surface area contributed by atoms with Crippen molar-refractivity contribution in [3.63, 3.8) is 0 Å². The number of rotatable bonds is 5. The maximum absolute atomic E-state index is 13.1. The normalized spacial score (nSPS) is 14.8. The number of sulfonamides is 1. The van der Waals surface area contributed by atoms with E-state index in [4.69, 9.17) is 0 Å². The number of anilines is 3. The molecule has 0 atom stereocenters. The lowest BCUT2D eigenvalue weighted by Gasteiger charge is -2.19. The monoisotopic (exact) mass is 427 g/mol. The van der Waals surface area contributed by atoms with Gasteiger partial charge < -0.3 is 10.2 Å². The molecule has 0 unspecified atom stereocenters. The highest BCUT2D eigenvalue weighted by Gasteiger charge is 2.32. The highest BCUT2D eigenvalue weighted by Crippen LogP contribution is 2.24. The Kier molecular flexibility index (Phi) is 5.40. The largest absolute Gasteiger partial charge is 0.340 e. The Balaban J connectivity index is 1.53. The SMILES string of the molecule is Cc1ccc(S(=O)(=O)N2CCN(c3nc(C)cc(Nc4ccc(F)cc4)n3)C2)cc1. The van der Waals surface area contributed by atoms with Crippen molar-refractivity contribution in [2.24, 2.45) is 0 Å². The maximum Gasteiger partial charge on any atom is 0.244 e. The maximum atomic E-state index is 13.1. The summed E-state index contributed by atoms with van der Waals surface area (Å²) in [6.07, 6.45) is 0. The quantitative estimate of drug-likeness (QED) is 0.672. The van der Waals surface area contributed by atoms with Gasteiger partial charge in [-0.25, -0.2) is 17.8 Å². The Morgan fingerprint density at radius 1 is 0.967 bits per heavy atom. The van der Waals surface area contributed by atoms with Crippen molar-refractivity contribution < 1.29 is 12.8 Å². The Morgan fingerprint density at radius 2 is 1.67 bits per heavy atom. The Hall–Kier alpha value is -3.04. The van der Waals surface area contributed by atoms with Crippen LogP contribution < -0.4 is 10.2 Å². The third-order valence-corrected chi connectivity index (χ3v) is 6.69. The summed E-state index contributed by atoms with van der Waals surface area (Å²) in [4.78, 5) is 11.1. The van der Waals surface area contributed by atoms with Gasteiger partial charge in [0.05, 0.1) is 11.6 Å². The van der Waals surface area contributed by atoms with Crippen molar-refractivity contribution in [2.45, 2.75) is 18.7 Å². The van der Waals surface area contributed by atoms with Crippen LogP contribution in [0.5, 0.6) is 0 Å². The topological polar surface area (TPSA) is 78.4 Å². The lowest BCUT2D eigenvalue weighted by Crippen LogP contribution is -2.31. The van der Waals surface area contributed by atoms with Gasteiger partial charge in [0.2, 0.25) is 16.0 Å². The van der Waals surface area contributed by atoms with Crippen LogP contribution in [0.4, 0.5) is 21.8 Å². The van der Waals surface area contributed by atoms with Crippen molar-refractivity contribution >= 4 is 27.5 Å². The fourth-order valence-electron chi connectivity index (χ4n) is 3.22. The molecule has 1 aliphatic heterocycles. The molecular formula is C21H22FN5O2S. The Labute approximate surface area is 175 Å². The third-order valence-electron chi connectivity index (χ3n) is 4.85. The minimum absolute atomic E-state index is 0.176. The molecule has 1 aromatic heterocycles. The molecule has 2 heterocycles. The molecule has 1 saturated heterocycles. The van der Waals surface area contributed by atoms with Crippen LogP contribution in [0.1, 0.15) is 11.3 Å². The molecule has 7 nitrogen and oxygen atoms in total. The lowest BCUT2D eigenvalue weighted by atomic mass is 10.2. The lowest BCUT2D eigenvalue weighted by molar-refractivity contribution is 0.478. The second kappa shape index (κ2) is 8.00. The predicted molar refractivity (Wildman–Crippen MR) is 114 cm³/mol. The second-order valence-electron chi connectivity index (χ2n) is 7.22. The van der Waals surface area contributed by atoms with Gasteiger partial charge in [-0.3, -0.25) is 0 Å². The summed E-state index contributed by atoms with van der Waals surface area (Å²) in [6.45, 7) is 4.78. The molecule has 3 aromatic rings. The Morgan fingerprint density at radius 3 is 2.37 bits per heavy atom. The molecule has 0 spiro atoms. The van der Waals surface area contributed by atoms with Crippen LogP contribution in [0.2, 0.25) is 0 Å². The average molecular weight is 428 g/mol. The molecule has 0 saturated carbocycles. The van der Waals surface area contributed by atoms with Crippen LogP contribution in [0, 0.1) is 19.7 Å². The summed E-state index contributed by atoms with van der Waals surface area (Å²) >= 11 is 0. The average Bonchev–Trinajstić information content (AvgIpc) is 3.21. The van der Waals surface area contributed by atoms with Crippen LogP contribution in [-0.4, -0.2) is 42.4 Å². The summed E-state index contributed by atoms with van der Waals surface area (Å²) in [6, 6.07) is 14.6. The minimum atomic E-state index is -3.58. The fourth-order valence-corrected chi connectivity index (χ4v) is 4.61. The number of aryl methyl sites for hydroxylation is 2. The molecule has 4 rings (SSSR count). The van der Waals surface area contributed by atoms with Gasteiger partial charge in [0, 0.05) is 30.5 Å². The number of benzene rings is 2. The van der Waals surface area contributed by atoms with Gasteiger partial charge in [0.1, 0.15) is 11.6 Å². The van der Waals surface area contributed by atoms with Gasteiger partial charge in [-0.2, -0.15) is 9.29 Å². The van der Waals surface area contributed by atoms with Crippen LogP contribution in [0.25, 0.3) is 0 Å². The van der Waals surface area contributed by atoms with Gasteiger partial charge in [-0.1, -0.05) is 17.7 Å². The van der Waals surface area contributed by atoms with E-state index >= 15 is 0 Å². The van der Waals surface area contributed by atoms with Crippen molar-refractivity contribution in [3.05, 3.63) is 71.7 Å². The highest BCUT2D eigenvalue weighted by atomic mass is 32.2. The molecule has 0 bridgehead atoms. The zero-order valence-corrected chi connectivity index (χ0v) is 17.5. The van der Waals surface area contributed by atoms with E-state index in [1.54, 1.807) is 42.5 Å². The number of nitrogens with one attached hydrogen (secondary N) is 1. The molecular weight excluding hydrogens is 405 g/mol. The zero-order valence-electron chi connectivity index (χ0n) is 16.7. The molecule has 1 fully saturated rings. The first-order valence-electron chi connectivity index (χ1n) is 9.51. The van der Waals surface area contributed by atoms with Crippen molar-refractivity contribution in [3.8, 4) is 0 Å². The molecule has 0 radical (unpaired) electrons. The van der Waals surface area contributed by atoms with Crippen LogP contribution >= 0.6 is 0 Å². The summed E-state index contributed by atoms with van der Waals surface area (Å²) in [5, 5.41) is 3.13. The van der Waals surface area contributed by atoms with Gasteiger partial charge in [-0.15, -0.1) is 0 Å². The highest BCUT2D eigenvalue weighted by molar-refractivity contribution is 7.89. The zero-order chi connectivity index (χ0) is 21.3. The molecule has 156 valence electrons. The summed E-state index contributed by atoms with van der Waals surface area (Å²) in [7, 11) is -3.58. The number of halogens is 1. The first-order chi connectivity index (χ1) is 14.3. The van der Waals surface area contributed by atoms with E-state index < -0.39 is 10.0 Å². The molecule has 9 heteroatoms. The van der Waals surface area contributed by atoms with E-state index in [9.17, 15) is 12.8 Å².